The molecule has 4 rings (SSSR count). The number of rotatable bonds is 7. The summed E-state index contributed by atoms with van der Waals surface area (Å²) in [7, 11) is -3.39. The summed E-state index contributed by atoms with van der Waals surface area (Å²) in [5.74, 6) is 0.0924. The molecule has 1 aliphatic carbocycles. The van der Waals surface area contributed by atoms with Crippen LogP contribution in [0.3, 0.4) is 0 Å². The predicted molar refractivity (Wildman–Crippen MR) is 115 cm³/mol. The average Bonchev–Trinajstić information content (AvgIpc) is 3.50. The molecule has 9 nitrogen and oxygen atoms in total. The summed E-state index contributed by atoms with van der Waals surface area (Å²) in [4.78, 5) is 29.7. The van der Waals surface area contributed by atoms with Gasteiger partial charge in [-0.1, -0.05) is 0 Å². The molecule has 3 heterocycles. The Labute approximate surface area is 178 Å². The maximum Gasteiger partial charge on any atom is 0.237 e. The molecule has 1 fully saturated rings. The quantitative estimate of drug-likeness (QED) is 0.574. The number of carbonyl (C=O) groups excluding carboxylic acids is 1. The average molecular weight is 445 g/mol. The SMILES string of the molecule is CC(C)(C(=O)Nc1ccc(-c2cnccn2)cn1)c1csc(NS(=O)(=O)C2CC2)n1. The molecule has 1 aliphatic rings. The van der Waals surface area contributed by atoms with Crippen LogP contribution in [-0.4, -0.2) is 39.5 Å². The number of aromatic nitrogens is 4. The van der Waals surface area contributed by atoms with Crippen molar-refractivity contribution in [3.63, 3.8) is 0 Å². The van der Waals surface area contributed by atoms with Gasteiger partial charge in [-0.05, 0) is 38.8 Å². The van der Waals surface area contributed by atoms with E-state index in [1.807, 2.05) is 0 Å². The Morgan fingerprint density at radius 2 is 1.97 bits per heavy atom. The first-order valence-electron chi connectivity index (χ1n) is 9.27. The number of pyridine rings is 1. The zero-order valence-corrected chi connectivity index (χ0v) is 18.0. The number of nitrogens with one attached hydrogen (secondary N) is 2. The molecule has 0 spiro atoms. The van der Waals surface area contributed by atoms with Crippen molar-refractivity contribution in [2.75, 3.05) is 10.0 Å². The van der Waals surface area contributed by atoms with Crippen molar-refractivity contribution in [3.05, 3.63) is 48.0 Å². The molecule has 3 aromatic heterocycles. The first-order valence-corrected chi connectivity index (χ1v) is 11.7. The fraction of sp³-hybridized carbons (Fsp3) is 0.316. The van der Waals surface area contributed by atoms with Crippen molar-refractivity contribution < 1.29 is 13.2 Å². The molecule has 0 saturated heterocycles. The number of hydrogen-bond donors (Lipinski definition) is 2. The largest absolute Gasteiger partial charge is 0.310 e. The second kappa shape index (κ2) is 7.73. The number of nitrogens with zero attached hydrogens (tertiary/aromatic N) is 4. The van der Waals surface area contributed by atoms with Crippen LogP contribution in [0.2, 0.25) is 0 Å². The molecule has 1 amide bonds. The second-order valence-corrected chi connectivity index (χ2v) is 10.3. The minimum Gasteiger partial charge on any atom is -0.310 e. The Morgan fingerprint density at radius 3 is 2.60 bits per heavy atom. The summed E-state index contributed by atoms with van der Waals surface area (Å²) >= 11 is 1.16. The first-order chi connectivity index (χ1) is 14.3. The minimum absolute atomic E-state index is 0.268. The molecule has 0 unspecified atom stereocenters. The predicted octanol–water partition coefficient (Wildman–Crippen LogP) is 2.82. The van der Waals surface area contributed by atoms with Gasteiger partial charge >= 0.3 is 0 Å². The van der Waals surface area contributed by atoms with Gasteiger partial charge in [0.15, 0.2) is 5.13 Å². The van der Waals surface area contributed by atoms with E-state index in [1.54, 1.807) is 56.1 Å². The molecule has 0 bridgehead atoms. The minimum atomic E-state index is -3.39. The van der Waals surface area contributed by atoms with E-state index in [-0.39, 0.29) is 16.3 Å². The van der Waals surface area contributed by atoms with Gasteiger partial charge in [-0.2, -0.15) is 0 Å². The zero-order valence-electron chi connectivity index (χ0n) is 16.4. The standard InChI is InChI=1S/C19H20N6O3S2/c1-19(2,15-11-29-18(23-15)25-30(27,28)13-4-5-13)17(26)24-16-6-3-12(9-22-16)14-10-20-7-8-21-14/h3,6-11,13H,4-5H2,1-2H3,(H,23,25)(H,22,24,26). The number of sulfonamides is 1. The van der Waals surface area contributed by atoms with Crippen molar-refractivity contribution >= 4 is 38.2 Å². The summed E-state index contributed by atoms with van der Waals surface area (Å²) in [6.45, 7) is 3.45. The third kappa shape index (κ3) is 4.31. The summed E-state index contributed by atoms with van der Waals surface area (Å²) in [6, 6.07) is 3.49. The molecule has 0 radical (unpaired) electrons. The molecule has 11 heteroatoms. The van der Waals surface area contributed by atoms with Crippen LogP contribution in [-0.2, 0) is 20.2 Å². The Morgan fingerprint density at radius 1 is 1.17 bits per heavy atom. The third-order valence-corrected chi connectivity index (χ3v) is 7.48. The summed E-state index contributed by atoms with van der Waals surface area (Å²) in [6.07, 6.45) is 7.78. The van der Waals surface area contributed by atoms with E-state index >= 15 is 0 Å². The highest BCUT2D eigenvalue weighted by Crippen LogP contribution is 2.33. The van der Waals surface area contributed by atoms with Crippen molar-refractivity contribution in [2.45, 2.75) is 37.4 Å². The van der Waals surface area contributed by atoms with Gasteiger partial charge in [0.25, 0.3) is 0 Å². The Hall–Kier alpha value is -2.92. The summed E-state index contributed by atoms with van der Waals surface area (Å²) < 4.78 is 26.7. The third-order valence-electron chi connectivity index (χ3n) is 4.77. The van der Waals surface area contributed by atoms with E-state index in [9.17, 15) is 13.2 Å². The summed E-state index contributed by atoms with van der Waals surface area (Å²) in [5.41, 5.74) is 0.972. The van der Waals surface area contributed by atoms with Gasteiger partial charge in [-0.3, -0.25) is 19.5 Å². The maximum absolute atomic E-state index is 12.9. The number of anilines is 2. The van der Waals surface area contributed by atoms with E-state index in [1.165, 1.54) is 0 Å². The van der Waals surface area contributed by atoms with Gasteiger partial charge in [0.1, 0.15) is 5.82 Å². The van der Waals surface area contributed by atoms with Gasteiger partial charge in [0.2, 0.25) is 15.9 Å². The molecular weight excluding hydrogens is 424 g/mol. The number of thiazole rings is 1. The maximum atomic E-state index is 12.9. The Kier molecular flexibility index (Phi) is 5.24. The van der Waals surface area contributed by atoms with Crippen molar-refractivity contribution in [3.8, 4) is 11.3 Å². The van der Waals surface area contributed by atoms with Crippen LogP contribution in [0.1, 0.15) is 32.4 Å². The van der Waals surface area contributed by atoms with Gasteiger partial charge in [-0.25, -0.2) is 18.4 Å². The monoisotopic (exact) mass is 444 g/mol. The Balaban J connectivity index is 1.45. The van der Waals surface area contributed by atoms with Crippen LogP contribution in [0.15, 0.2) is 42.3 Å². The smallest absolute Gasteiger partial charge is 0.237 e. The molecule has 0 atom stereocenters. The van der Waals surface area contributed by atoms with Crippen molar-refractivity contribution in [1.82, 2.24) is 19.9 Å². The van der Waals surface area contributed by atoms with Crippen LogP contribution >= 0.6 is 11.3 Å². The molecule has 156 valence electrons. The molecule has 2 N–H and O–H groups in total. The topological polar surface area (TPSA) is 127 Å². The normalized spacial score (nSPS) is 14.3. The van der Waals surface area contributed by atoms with Crippen LogP contribution < -0.4 is 10.0 Å². The molecule has 30 heavy (non-hydrogen) atoms. The van der Waals surface area contributed by atoms with Gasteiger partial charge in [-0.15, -0.1) is 11.3 Å². The molecule has 3 aromatic rings. The van der Waals surface area contributed by atoms with Crippen LogP contribution in [0.5, 0.6) is 0 Å². The fourth-order valence-corrected chi connectivity index (χ4v) is 5.12. The van der Waals surface area contributed by atoms with E-state index < -0.39 is 15.4 Å². The van der Waals surface area contributed by atoms with Gasteiger partial charge < -0.3 is 5.32 Å². The van der Waals surface area contributed by atoms with Crippen LogP contribution in [0.25, 0.3) is 11.3 Å². The first kappa shape index (κ1) is 20.4. The number of hydrogen-bond acceptors (Lipinski definition) is 8. The molecule has 1 saturated carbocycles. The van der Waals surface area contributed by atoms with Crippen molar-refractivity contribution in [1.29, 1.82) is 0 Å². The van der Waals surface area contributed by atoms with Crippen molar-refractivity contribution in [2.24, 2.45) is 0 Å². The van der Waals surface area contributed by atoms with Gasteiger partial charge in [0.05, 0.1) is 28.2 Å². The zero-order chi connectivity index (χ0) is 21.4. The fourth-order valence-electron chi connectivity index (χ4n) is 2.65. The molecule has 0 aliphatic heterocycles. The second-order valence-electron chi connectivity index (χ2n) is 7.49. The molecular formula is C19H20N6O3S2. The van der Waals surface area contributed by atoms with E-state index in [4.69, 9.17) is 0 Å². The van der Waals surface area contributed by atoms with E-state index in [2.05, 4.69) is 30.0 Å². The number of amides is 1. The molecule has 0 aromatic carbocycles. The van der Waals surface area contributed by atoms with Crippen LogP contribution in [0.4, 0.5) is 10.9 Å². The number of carbonyl (C=O) groups is 1. The highest BCUT2D eigenvalue weighted by molar-refractivity contribution is 7.93. The lowest BCUT2D eigenvalue weighted by Crippen LogP contribution is -2.35. The Bertz CT molecular complexity index is 1160. The summed E-state index contributed by atoms with van der Waals surface area (Å²) in [5, 5.41) is 4.41. The van der Waals surface area contributed by atoms with Crippen LogP contribution in [0, 0.1) is 0 Å². The van der Waals surface area contributed by atoms with Gasteiger partial charge in [0, 0.05) is 29.5 Å². The van der Waals surface area contributed by atoms with E-state index in [0.29, 0.717) is 30.0 Å². The highest BCUT2D eigenvalue weighted by Gasteiger charge is 2.37. The van der Waals surface area contributed by atoms with E-state index in [0.717, 1.165) is 16.9 Å². The lowest BCUT2D eigenvalue weighted by Gasteiger charge is -2.21. The lowest BCUT2D eigenvalue weighted by molar-refractivity contribution is -0.120. The lowest BCUT2D eigenvalue weighted by atomic mass is 9.89. The highest BCUT2D eigenvalue weighted by atomic mass is 32.2.